The van der Waals surface area contributed by atoms with Crippen molar-refractivity contribution >= 4 is 32.2 Å². The van der Waals surface area contributed by atoms with Crippen molar-refractivity contribution in [3.8, 4) is 22.0 Å². The van der Waals surface area contributed by atoms with Gasteiger partial charge in [-0.3, -0.25) is 4.98 Å². The van der Waals surface area contributed by atoms with E-state index in [1.807, 2.05) is 53.0 Å². The molecule has 4 nitrogen and oxygen atoms in total. The summed E-state index contributed by atoms with van der Waals surface area (Å²) in [5.74, 6) is 0. The number of nitrogens with zero attached hydrogens (tertiary/aromatic N) is 4. The molecule has 3 aromatic heterocycles. The van der Waals surface area contributed by atoms with Crippen LogP contribution in [0.5, 0.6) is 0 Å². The Balaban J connectivity index is 1.85. The fraction of sp³-hybridized carbons (Fsp3) is 0. The summed E-state index contributed by atoms with van der Waals surface area (Å²) in [4.78, 5) is 9.85. The zero-order valence-electron chi connectivity index (χ0n) is 10.8. The summed E-state index contributed by atoms with van der Waals surface area (Å²) < 4.78 is 2.68. The average molecular weight is 357 g/mol. The molecule has 0 bridgehead atoms. The van der Waals surface area contributed by atoms with Gasteiger partial charge in [0, 0.05) is 11.8 Å². The Morgan fingerprint density at radius 2 is 1.81 bits per heavy atom. The van der Waals surface area contributed by atoms with Crippen molar-refractivity contribution in [1.82, 2.24) is 19.6 Å². The Hall–Kier alpha value is -2.05. The molecule has 4 rings (SSSR count). The van der Waals surface area contributed by atoms with E-state index in [0.29, 0.717) is 0 Å². The molecule has 21 heavy (non-hydrogen) atoms. The SMILES string of the molecule is Brc1c(-c2ccccc2)nc2sc(-c3ccccn3)nn12. The van der Waals surface area contributed by atoms with Crippen molar-refractivity contribution in [3.63, 3.8) is 0 Å². The second-order valence-corrected chi connectivity index (χ2v) is 6.14. The van der Waals surface area contributed by atoms with Crippen molar-refractivity contribution in [1.29, 1.82) is 0 Å². The zero-order chi connectivity index (χ0) is 14.2. The Bertz CT molecular complexity index is 899. The Morgan fingerprint density at radius 1 is 1.00 bits per heavy atom. The summed E-state index contributed by atoms with van der Waals surface area (Å²) in [7, 11) is 0. The number of hydrogen-bond donors (Lipinski definition) is 0. The van der Waals surface area contributed by atoms with Crippen LogP contribution in [0.15, 0.2) is 59.3 Å². The van der Waals surface area contributed by atoms with Crippen molar-refractivity contribution in [2.45, 2.75) is 0 Å². The molecule has 6 heteroatoms. The topological polar surface area (TPSA) is 43.1 Å². The van der Waals surface area contributed by atoms with E-state index in [1.54, 1.807) is 6.20 Å². The van der Waals surface area contributed by atoms with E-state index in [4.69, 9.17) is 0 Å². The third-order valence-electron chi connectivity index (χ3n) is 3.08. The Labute approximate surface area is 133 Å². The number of imidazole rings is 1. The fourth-order valence-electron chi connectivity index (χ4n) is 2.10. The Kier molecular flexibility index (Phi) is 3.05. The van der Waals surface area contributed by atoms with Crippen LogP contribution in [0.2, 0.25) is 0 Å². The fourth-order valence-corrected chi connectivity index (χ4v) is 3.65. The molecule has 0 radical (unpaired) electrons. The third-order valence-corrected chi connectivity index (χ3v) is 4.72. The van der Waals surface area contributed by atoms with Gasteiger partial charge in [-0.1, -0.05) is 47.7 Å². The number of hydrogen-bond acceptors (Lipinski definition) is 4. The van der Waals surface area contributed by atoms with Crippen LogP contribution >= 0.6 is 27.3 Å². The van der Waals surface area contributed by atoms with Crippen LogP contribution in [-0.4, -0.2) is 19.6 Å². The first-order valence-electron chi connectivity index (χ1n) is 6.35. The minimum atomic E-state index is 0.849. The molecule has 1 aromatic carbocycles. The number of benzene rings is 1. The molecule has 0 aliphatic carbocycles. The molecule has 0 aliphatic heterocycles. The van der Waals surface area contributed by atoms with Gasteiger partial charge in [-0.25, -0.2) is 4.98 Å². The first kappa shape index (κ1) is 12.7. The predicted octanol–water partition coefficient (Wildman–Crippen LogP) is 4.28. The smallest absolute Gasteiger partial charge is 0.214 e. The lowest BCUT2D eigenvalue weighted by molar-refractivity contribution is 0.952. The van der Waals surface area contributed by atoms with E-state index in [9.17, 15) is 0 Å². The molecule has 0 atom stereocenters. The highest BCUT2D eigenvalue weighted by atomic mass is 79.9. The van der Waals surface area contributed by atoms with E-state index in [1.165, 1.54) is 11.3 Å². The van der Waals surface area contributed by atoms with E-state index in [-0.39, 0.29) is 0 Å². The normalized spacial score (nSPS) is 11.1. The number of rotatable bonds is 2. The van der Waals surface area contributed by atoms with Gasteiger partial charge in [0.1, 0.15) is 16.0 Å². The van der Waals surface area contributed by atoms with Crippen LogP contribution in [-0.2, 0) is 0 Å². The molecular weight excluding hydrogens is 348 g/mol. The number of fused-ring (bicyclic) bond motifs is 1. The zero-order valence-corrected chi connectivity index (χ0v) is 13.2. The molecule has 0 aliphatic rings. The molecular formula is C15H9BrN4S. The second-order valence-electron chi connectivity index (χ2n) is 4.43. The van der Waals surface area contributed by atoms with Gasteiger partial charge < -0.3 is 0 Å². The van der Waals surface area contributed by atoms with E-state index < -0.39 is 0 Å². The molecule has 0 amide bonds. The molecule has 0 unspecified atom stereocenters. The van der Waals surface area contributed by atoms with Crippen LogP contribution in [0.25, 0.3) is 26.9 Å². The number of pyridine rings is 1. The molecule has 0 N–H and O–H groups in total. The van der Waals surface area contributed by atoms with Gasteiger partial charge >= 0.3 is 0 Å². The monoisotopic (exact) mass is 356 g/mol. The van der Waals surface area contributed by atoms with Crippen molar-refractivity contribution in [3.05, 3.63) is 59.3 Å². The highest BCUT2D eigenvalue weighted by Crippen LogP contribution is 2.32. The van der Waals surface area contributed by atoms with Crippen LogP contribution in [0, 0.1) is 0 Å². The first-order valence-corrected chi connectivity index (χ1v) is 7.96. The molecule has 4 aromatic rings. The van der Waals surface area contributed by atoms with Gasteiger partial charge in [0.25, 0.3) is 0 Å². The maximum Gasteiger partial charge on any atom is 0.214 e. The lowest BCUT2D eigenvalue weighted by Gasteiger charge is -1.97. The second kappa shape index (κ2) is 5.05. The van der Waals surface area contributed by atoms with Crippen molar-refractivity contribution < 1.29 is 0 Å². The van der Waals surface area contributed by atoms with Crippen LogP contribution < -0.4 is 0 Å². The average Bonchev–Trinajstić information content (AvgIpc) is 3.09. The molecule has 0 saturated heterocycles. The minimum absolute atomic E-state index is 0.849. The molecule has 3 heterocycles. The van der Waals surface area contributed by atoms with Crippen LogP contribution in [0.3, 0.4) is 0 Å². The van der Waals surface area contributed by atoms with Gasteiger partial charge in [-0.2, -0.15) is 9.61 Å². The van der Waals surface area contributed by atoms with Crippen molar-refractivity contribution in [2.75, 3.05) is 0 Å². The summed E-state index contributed by atoms with van der Waals surface area (Å²) in [6.45, 7) is 0. The predicted molar refractivity (Wildman–Crippen MR) is 87.2 cm³/mol. The van der Waals surface area contributed by atoms with Crippen LogP contribution in [0.4, 0.5) is 0 Å². The van der Waals surface area contributed by atoms with E-state index in [2.05, 4.69) is 31.0 Å². The summed E-state index contributed by atoms with van der Waals surface area (Å²) in [5, 5.41) is 5.45. The first-order chi connectivity index (χ1) is 10.3. The van der Waals surface area contributed by atoms with Crippen LogP contribution in [0.1, 0.15) is 0 Å². The maximum absolute atomic E-state index is 4.67. The highest BCUT2D eigenvalue weighted by molar-refractivity contribution is 9.10. The lowest BCUT2D eigenvalue weighted by Crippen LogP contribution is -1.87. The quantitative estimate of drug-likeness (QED) is 0.538. The van der Waals surface area contributed by atoms with Gasteiger partial charge in [0.2, 0.25) is 4.96 Å². The minimum Gasteiger partial charge on any atom is -0.254 e. The largest absolute Gasteiger partial charge is 0.254 e. The van der Waals surface area contributed by atoms with Gasteiger partial charge in [0.05, 0.1) is 0 Å². The lowest BCUT2D eigenvalue weighted by atomic mass is 10.2. The molecule has 0 spiro atoms. The summed E-state index contributed by atoms with van der Waals surface area (Å²) >= 11 is 5.13. The van der Waals surface area contributed by atoms with Gasteiger partial charge in [-0.15, -0.1) is 0 Å². The maximum atomic E-state index is 4.67. The number of halogens is 1. The molecule has 0 saturated carbocycles. The van der Waals surface area contributed by atoms with E-state index in [0.717, 1.165) is 31.5 Å². The summed E-state index contributed by atoms with van der Waals surface area (Å²) in [6, 6.07) is 15.9. The van der Waals surface area contributed by atoms with Gasteiger partial charge in [-0.05, 0) is 28.1 Å². The van der Waals surface area contributed by atoms with Crippen molar-refractivity contribution in [2.24, 2.45) is 0 Å². The van der Waals surface area contributed by atoms with E-state index >= 15 is 0 Å². The summed E-state index contributed by atoms with van der Waals surface area (Å²) in [6.07, 6.45) is 1.77. The third kappa shape index (κ3) is 2.16. The highest BCUT2D eigenvalue weighted by Gasteiger charge is 2.16. The Morgan fingerprint density at radius 3 is 2.52 bits per heavy atom. The molecule has 102 valence electrons. The molecule has 0 fully saturated rings. The van der Waals surface area contributed by atoms with Gasteiger partial charge in [0.15, 0.2) is 5.01 Å². The number of aromatic nitrogens is 4. The standard InChI is InChI=1S/C15H9BrN4S/c16-13-12(10-6-2-1-3-7-10)18-15-20(13)19-14(21-15)11-8-4-5-9-17-11/h1-9H. The summed E-state index contributed by atoms with van der Waals surface area (Å²) in [5.41, 5.74) is 2.84.